The Balaban J connectivity index is 1.48. The number of ether oxygens (including phenoxy) is 1. The van der Waals surface area contributed by atoms with Crippen LogP contribution < -0.4 is 10.9 Å². The fourth-order valence-electron chi connectivity index (χ4n) is 2.41. The lowest BCUT2D eigenvalue weighted by Crippen LogP contribution is -2.31. The molecule has 0 saturated heterocycles. The summed E-state index contributed by atoms with van der Waals surface area (Å²) < 4.78 is 5.45. The van der Waals surface area contributed by atoms with Gasteiger partial charge in [0.1, 0.15) is 0 Å². The van der Waals surface area contributed by atoms with Crippen molar-refractivity contribution in [2.45, 2.75) is 25.5 Å². The van der Waals surface area contributed by atoms with E-state index in [1.807, 2.05) is 30.3 Å². The number of para-hydroxylation sites is 1. The Kier molecular flexibility index (Phi) is 4.87. The second kappa shape index (κ2) is 7.05. The molecule has 0 amide bonds. The third-order valence-corrected chi connectivity index (χ3v) is 3.89. The lowest BCUT2D eigenvalue weighted by Gasteiger charge is -2.12. The molecule has 1 aromatic heterocycles. The van der Waals surface area contributed by atoms with Crippen LogP contribution in [-0.4, -0.2) is 36.0 Å². The molecule has 1 atom stereocenters. The molecule has 1 unspecified atom stereocenters. The number of aromatic nitrogens is 1. The molecule has 22 heavy (non-hydrogen) atoms. The SMILES string of the molecule is O=c1[nH]c2ccccc2cc1CNCC(O)COCC1CC1. The monoisotopic (exact) mass is 302 g/mol. The van der Waals surface area contributed by atoms with Gasteiger partial charge >= 0.3 is 0 Å². The van der Waals surface area contributed by atoms with Gasteiger partial charge in [-0.3, -0.25) is 4.79 Å². The van der Waals surface area contributed by atoms with E-state index in [4.69, 9.17) is 4.74 Å². The highest BCUT2D eigenvalue weighted by Gasteiger charge is 2.21. The average molecular weight is 302 g/mol. The van der Waals surface area contributed by atoms with Crippen LogP contribution in [0, 0.1) is 5.92 Å². The highest BCUT2D eigenvalue weighted by molar-refractivity contribution is 5.78. The molecule has 1 aliphatic carbocycles. The van der Waals surface area contributed by atoms with E-state index in [2.05, 4.69) is 10.3 Å². The molecule has 3 rings (SSSR count). The zero-order chi connectivity index (χ0) is 15.4. The minimum absolute atomic E-state index is 0.0920. The predicted octanol–water partition coefficient (Wildman–Crippen LogP) is 1.41. The largest absolute Gasteiger partial charge is 0.389 e. The molecular formula is C17H22N2O3. The normalized spacial score (nSPS) is 16.0. The molecule has 2 aromatic rings. The highest BCUT2D eigenvalue weighted by Crippen LogP contribution is 2.28. The van der Waals surface area contributed by atoms with Crippen LogP contribution in [0.5, 0.6) is 0 Å². The molecule has 1 heterocycles. The summed E-state index contributed by atoms with van der Waals surface area (Å²) in [6.07, 6.45) is 1.95. The first-order chi connectivity index (χ1) is 10.7. The van der Waals surface area contributed by atoms with Crippen LogP contribution in [0.25, 0.3) is 10.9 Å². The molecule has 5 nitrogen and oxygen atoms in total. The maximum Gasteiger partial charge on any atom is 0.252 e. The summed E-state index contributed by atoms with van der Waals surface area (Å²) in [4.78, 5) is 14.8. The Morgan fingerprint density at radius 1 is 1.36 bits per heavy atom. The molecule has 0 spiro atoms. The highest BCUT2D eigenvalue weighted by atomic mass is 16.5. The fraction of sp³-hybridized carbons (Fsp3) is 0.471. The van der Waals surface area contributed by atoms with E-state index in [0.717, 1.165) is 17.5 Å². The minimum Gasteiger partial charge on any atom is -0.389 e. The molecule has 1 fully saturated rings. The lowest BCUT2D eigenvalue weighted by atomic mass is 10.1. The third-order valence-electron chi connectivity index (χ3n) is 3.89. The Morgan fingerprint density at radius 3 is 3.00 bits per heavy atom. The molecule has 0 radical (unpaired) electrons. The number of fused-ring (bicyclic) bond motifs is 1. The number of hydrogen-bond acceptors (Lipinski definition) is 4. The fourth-order valence-corrected chi connectivity index (χ4v) is 2.41. The molecule has 1 saturated carbocycles. The van der Waals surface area contributed by atoms with Crippen molar-refractivity contribution in [3.8, 4) is 0 Å². The summed E-state index contributed by atoms with van der Waals surface area (Å²) >= 11 is 0. The first kappa shape index (κ1) is 15.2. The van der Waals surface area contributed by atoms with Crippen LogP contribution in [0.15, 0.2) is 35.1 Å². The van der Waals surface area contributed by atoms with E-state index < -0.39 is 6.10 Å². The van der Waals surface area contributed by atoms with E-state index in [9.17, 15) is 9.90 Å². The topological polar surface area (TPSA) is 74.4 Å². The van der Waals surface area contributed by atoms with Crippen molar-refractivity contribution in [3.05, 3.63) is 46.2 Å². The Hall–Kier alpha value is -1.69. The van der Waals surface area contributed by atoms with Gasteiger partial charge in [-0.25, -0.2) is 0 Å². The summed E-state index contributed by atoms with van der Waals surface area (Å²) in [7, 11) is 0. The van der Waals surface area contributed by atoms with E-state index >= 15 is 0 Å². The minimum atomic E-state index is -0.543. The van der Waals surface area contributed by atoms with Crippen molar-refractivity contribution in [2.75, 3.05) is 19.8 Å². The van der Waals surface area contributed by atoms with E-state index in [0.29, 0.717) is 31.2 Å². The van der Waals surface area contributed by atoms with E-state index in [1.54, 1.807) is 0 Å². The van der Waals surface area contributed by atoms with Gasteiger partial charge in [0.25, 0.3) is 5.56 Å². The smallest absolute Gasteiger partial charge is 0.252 e. The second-order valence-electron chi connectivity index (χ2n) is 5.98. The standard InChI is InChI=1S/C17H22N2O3/c20-15(11-22-10-12-5-6-12)9-18-8-14-7-13-3-1-2-4-16(13)19-17(14)21/h1-4,7,12,15,18,20H,5-6,8-11H2,(H,19,21). The van der Waals surface area contributed by atoms with Crippen LogP contribution in [0.2, 0.25) is 0 Å². The van der Waals surface area contributed by atoms with E-state index in [1.165, 1.54) is 12.8 Å². The van der Waals surface area contributed by atoms with Gasteiger partial charge in [-0.2, -0.15) is 0 Å². The van der Waals surface area contributed by atoms with Crippen LogP contribution in [0.4, 0.5) is 0 Å². The Bertz CT molecular complexity index is 679. The first-order valence-corrected chi connectivity index (χ1v) is 7.80. The van der Waals surface area contributed by atoms with Crippen molar-refractivity contribution in [2.24, 2.45) is 5.92 Å². The quantitative estimate of drug-likeness (QED) is 0.689. The number of rotatable bonds is 8. The maximum atomic E-state index is 12.0. The van der Waals surface area contributed by atoms with Crippen molar-refractivity contribution in [3.63, 3.8) is 0 Å². The number of aromatic amines is 1. The number of H-pyrrole nitrogens is 1. The maximum absolute atomic E-state index is 12.0. The number of aliphatic hydroxyl groups excluding tert-OH is 1. The lowest BCUT2D eigenvalue weighted by molar-refractivity contribution is 0.0324. The average Bonchev–Trinajstić information content (AvgIpc) is 3.32. The Labute approximate surface area is 129 Å². The summed E-state index contributed by atoms with van der Waals surface area (Å²) in [6.45, 7) is 1.94. The molecule has 5 heteroatoms. The number of pyridine rings is 1. The number of nitrogens with one attached hydrogen (secondary N) is 2. The van der Waals surface area contributed by atoms with Crippen LogP contribution in [0.1, 0.15) is 18.4 Å². The van der Waals surface area contributed by atoms with Gasteiger partial charge in [0.2, 0.25) is 0 Å². The molecule has 3 N–H and O–H groups in total. The van der Waals surface area contributed by atoms with Crippen molar-refractivity contribution in [1.29, 1.82) is 0 Å². The van der Waals surface area contributed by atoms with Gasteiger partial charge in [-0.05, 0) is 36.3 Å². The molecule has 118 valence electrons. The molecule has 0 bridgehead atoms. The number of hydrogen-bond donors (Lipinski definition) is 3. The van der Waals surface area contributed by atoms with Gasteiger partial charge < -0.3 is 20.1 Å². The van der Waals surface area contributed by atoms with Crippen LogP contribution in [-0.2, 0) is 11.3 Å². The second-order valence-corrected chi connectivity index (χ2v) is 5.98. The molecular weight excluding hydrogens is 280 g/mol. The number of aliphatic hydroxyl groups is 1. The first-order valence-electron chi connectivity index (χ1n) is 7.80. The summed E-state index contributed by atoms with van der Waals surface area (Å²) in [5.41, 5.74) is 1.42. The van der Waals surface area contributed by atoms with Crippen molar-refractivity contribution < 1.29 is 9.84 Å². The summed E-state index contributed by atoms with van der Waals surface area (Å²) in [5.74, 6) is 0.705. The van der Waals surface area contributed by atoms with Crippen molar-refractivity contribution in [1.82, 2.24) is 10.3 Å². The summed E-state index contributed by atoms with van der Waals surface area (Å²) in [5, 5.41) is 13.9. The van der Waals surface area contributed by atoms with E-state index in [-0.39, 0.29) is 5.56 Å². The Morgan fingerprint density at radius 2 is 2.18 bits per heavy atom. The molecule has 1 aromatic carbocycles. The van der Waals surface area contributed by atoms with Gasteiger partial charge in [0.15, 0.2) is 0 Å². The third kappa shape index (κ3) is 4.16. The zero-order valence-corrected chi connectivity index (χ0v) is 12.5. The van der Waals surface area contributed by atoms with Crippen LogP contribution >= 0.6 is 0 Å². The molecule has 1 aliphatic rings. The predicted molar refractivity (Wildman–Crippen MR) is 85.8 cm³/mol. The summed E-state index contributed by atoms with van der Waals surface area (Å²) in [6, 6.07) is 9.58. The van der Waals surface area contributed by atoms with Crippen LogP contribution in [0.3, 0.4) is 0 Å². The van der Waals surface area contributed by atoms with Gasteiger partial charge in [-0.15, -0.1) is 0 Å². The zero-order valence-electron chi connectivity index (χ0n) is 12.5. The number of benzene rings is 1. The molecule has 0 aliphatic heterocycles. The van der Waals surface area contributed by atoms with Gasteiger partial charge in [0, 0.05) is 30.8 Å². The van der Waals surface area contributed by atoms with Gasteiger partial charge in [-0.1, -0.05) is 18.2 Å². The van der Waals surface area contributed by atoms with Gasteiger partial charge in [0.05, 0.1) is 12.7 Å². The van der Waals surface area contributed by atoms with Crippen molar-refractivity contribution >= 4 is 10.9 Å².